The number of anilines is 1. The van der Waals surface area contributed by atoms with Gasteiger partial charge in [0.1, 0.15) is 11.0 Å². The van der Waals surface area contributed by atoms with Crippen molar-refractivity contribution >= 4 is 15.7 Å². The lowest BCUT2D eigenvalue weighted by atomic mass is 10.1. The highest BCUT2D eigenvalue weighted by atomic mass is 32.2. The Morgan fingerprint density at radius 1 is 1.18 bits per heavy atom. The molecular formula is C17H16N2O2S. The summed E-state index contributed by atoms with van der Waals surface area (Å²) < 4.78 is 27.2. The van der Waals surface area contributed by atoms with Gasteiger partial charge in [-0.05, 0) is 30.7 Å². The maximum atomic E-state index is 13.0. The van der Waals surface area contributed by atoms with Crippen LogP contribution < -0.4 is 4.31 Å². The molecule has 2 aromatic rings. The number of sulfonamides is 1. The molecule has 22 heavy (non-hydrogen) atoms. The van der Waals surface area contributed by atoms with Crippen LogP contribution in [0.15, 0.2) is 66.1 Å². The fourth-order valence-corrected chi connectivity index (χ4v) is 3.83. The van der Waals surface area contributed by atoms with E-state index in [2.05, 4.69) is 6.58 Å². The third-order valence-corrected chi connectivity index (χ3v) is 5.09. The Labute approximate surface area is 131 Å². The Bertz CT molecular complexity index is 821. The average Bonchev–Trinajstić information content (AvgIpc) is 2.53. The lowest BCUT2D eigenvalue weighted by Crippen LogP contribution is -2.31. The third kappa shape index (κ3) is 2.87. The van der Waals surface area contributed by atoms with Crippen LogP contribution in [0.3, 0.4) is 0 Å². The fourth-order valence-electron chi connectivity index (χ4n) is 2.17. The van der Waals surface area contributed by atoms with Crippen LogP contribution in [0.4, 0.5) is 5.69 Å². The van der Waals surface area contributed by atoms with Crippen molar-refractivity contribution in [1.29, 1.82) is 5.26 Å². The van der Waals surface area contributed by atoms with Gasteiger partial charge in [0.15, 0.2) is 0 Å². The van der Waals surface area contributed by atoms with E-state index >= 15 is 0 Å². The van der Waals surface area contributed by atoms with Gasteiger partial charge in [-0.2, -0.15) is 5.26 Å². The van der Waals surface area contributed by atoms with Crippen LogP contribution in [0.2, 0.25) is 0 Å². The molecule has 0 saturated heterocycles. The van der Waals surface area contributed by atoms with Gasteiger partial charge in [0, 0.05) is 0 Å². The molecule has 5 heteroatoms. The second-order valence-electron chi connectivity index (χ2n) is 4.72. The van der Waals surface area contributed by atoms with Crippen molar-refractivity contribution < 1.29 is 8.42 Å². The Hall–Kier alpha value is -2.58. The van der Waals surface area contributed by atoms with Gasteiger partial charge in [-0.15, -0.1) is 6.58 Å². The van der Waals surface area contributed by atoms with Crippen molar-refractivity contribution in [2.45, 2.75) is 11.8 Å². The number of rotatable bonds is 5. The summed E-state index contributed by atoms with van der Waals surface area (Å²) in [5, 5.41) is 9.29. The zero-order chi connectivity index (χ0) is 16.2. The highest BCUT2D eigenvalue weighted by molar-refractivity contribution is 7.92. The largest absolute Gasteiger partial charge is 0.265 e. The van der Waals surface area contributed by atoms with Crippen LogP contribution in [0.25, 0.3) is 0 Å². The maximum absolute atomic E-state index is 13.0. The normalized spacial score (nSPS) is 10.7. The van der Waals surface area contributed by atoms with Crippen LogP contribution in [-0.4, -0.2) is 15.0 Å². The molecule has 0 aliphatic rings. The first kappa shape index (κ1) is 15.8. The highest BCUT2D eigenvalue weighted by Crippen LogP contribution is 2.26. The summed E-state index contributed by atoms with van der Waals surface area (Å²) in [5.74, 6) is 0. The quantitative estimate of drug-likeness (QED) is 0.796. The first-order chi connectivity index (χ1) is 10.5. The molecule has 0 aromatic heterocycles. The molecule has 0 atom stereocenters. The van der Waals surface area contributed by atoms with Crippen LogP contribution in [0, 0.1) is 18.3 Å². The molecular weight excluding hydrogens is 296 g/mol. The summed E-state index contributed by atoms with van der Waals surface area (Å²) in [5.41, 5.74) is 1.34. The van der Waals surface area contributed by atoms with Crippen LogP contribution in [0.1, 0.15) is 11.1 Å². The molecule has 0 aliphatic heterocycles. The average molecular weight is 312 g/mol. The first-order valence-corrected chi connectivity index (χ1v) is 8.14. The van der Waals surface area contributed by atoms with Gasteiger partial charge in [0.2, 0.25) is 0 Å². The van der Waals surface area contributed by atoms with Gasteiger partial charge in [-0.3, -0.25) is 4.31 Å². The number of nitrogens with zero attached hydrogens (tertiary/aromatic N) is 2. The molecule has 112 valence electrons. The summed E-state index contributed by atoms with van der Waals surface area (Å²) in [7, 11) is -3.84. The molecule has 0 aliphatic carbocycles. The Kier molecular flexibility index (Phi) is 4.64. The maximum Gasteiger partial charge on any atom is 0.265 e. The molecule has 0 unspecified atom stereocenters. The zero-order valence-corrected chi connectivity index (χ0v) is 13.0. The Balaban J connectivity index is 2.64. The molecule has 4 nitrogen and oxygen atoms in total. The standard InChI is InChI=1S/C17H16N2O2S/c1-3-12-19(15-9-5-4-6-10-15)22(20,21)17-11-7-8-14(2)16(17)13-18/h3-11H,1,12H2,2H3. The van der Waals surface area contributed by atoms with Crippen LogP contribution in [0.5, 0.6) is 0 Å². The summed E-state index contributed by atoms with van der Waals surface area (Å²) in [4.78, 5) is 0.0145. The highest BCUT2D eigenvalue weighted by Gasteiger charge is 2.27. The van der Waals surface area contributed by atoms with Crippen molar-refractivity contribution in [2.24, 2.45) is 0 Å². The third-order valence-electron chi connectivity index (χ3n) is 3.25. The molecule has 0 amide bonds. The van der Waals surface area contributed by atoms with Crippen LogP contribution in [-0.2, 0) is 10.0 Å². The number of benzene rings is 2. The summed E-state index contributed by atoms with van der Waals surface area (Å²) in [6.45, 7) is 5.47. The smallest absolute Gasteiger partial charge is 0.262 e. The lowest BCUT2D eigenvalue weighted by molar-refractivity contribution is 0.592. The molecule has 0 heterocycles. The minimum Gasteiger partial charge on any atom is -0.262 e. The van der Waals surface area contributed by atoms with E-state index in [1.165, 1.54) is 16.4 Å². The van der Waals surface area contributed by atoms with E-state index in [1.807, 2.05) is 12.1 Å². The van der Waals surface area contributed by atoms with E-state index in [0.29, 0.717) is 11.3 Å². The first-order valence-electron chi connectivity index (χ1n) is 6.70. The molecule has 0 radical (unpaired) electrons. The molecule has 0 N–H and O–H groups in total. The van der Waals surface area contributed by atoms with Crippen molar-refractivity contribution in [2.75, 3.05) is 10.8 Å². The molecule has 2 rings (SSSR count). The van der Waals surface area contributed by atoms with Crippen LogP contribution >= 0.6 is 0 Å². The second kappa shape index (κ2) is 6.46. The van der Waals surface area contributed by atoms with Gasteiger partial charge < -0.3 is 0 Å². The van der Waals surface area contributed by atoms with Gasteiger partial charge in [-0.1, -0.05) is 36.4 Å². The van der Waals surface area contributed by atoms with Crippen molar-refractivity contribution in [3.8, 4) is 6.07 Å². The molecule has 0 saturated carbocycles. The van der Waals surface area contributed by atoms with Gasteiger partial charge in [0.05, 0.1) is 17.8 Å². The summed E-state index contributed by atoms with van der Waals surface area (Å²) >= 11 is 0. The molecule has 0 spiro atoms. The summed E-state index contributed by atoms with van der Waals surface area (Å²) in [6.07, 6.45) is 1.52. The SMILES string of the molecule is C=CCN(c1ccccc1)S(=O)(=O)c1cccc(C)c1C#N. The zero-order valence-electron chi connectivity index (χ0n) is 12.2. The van der Waals surface area contributed by atoms with E-state index in [0.717, 1.165) is 0 Å². The monoisotopic (exact) mass is 312 g/mol. The molecule has 0 fully saturated rings. The fraction of sp³-hybridized carbons (Fsp3) is 0.118. The topological polar surface area (TPSA) is 61.2 Å². The number of hydrogen-bond acceptors (Lipinski definition) is 3. The minimum atomic E-state index is -3.84. The lowest BCUT2D eigenvalue weighted by Gasteiger charge is -2.23. The predicted octanol–water partition coefficient (Wildman–Crippen LogP) is 3.25. The van der Waals surface area contributed by atoms with E-state index in [-0.39, 0.29) is 17.0 Å². The van der Waals surface area contributed by atoms with E-state index < -0.39 is 10.0 Å². The van der Waals surface area contributed by atoms with E-state index in [4.69, 9.17) is 0 Å². The van der Waals surface area contributed by atoms with Crippen molar-refractivity contribution in [1.82, 2.24) is 0 Å². The molecule has 2 aromatic carbocycles. The van der Waals surface area contributed by atoms with Gasteiger partial charge in [-0.25, -0.2) is 8.42 Å². The number of hydrogen-bond donors (Lipinski definition) is 0. The van der Waals surface area contributed by atoms with Crippen molar-refractivity contribution in [3.63, 3.8) is 0 Å². The van der Waals surface area contributed by atoms with Crippen molar-refractivity contribution in [3.05, 3.63) is 72.3 Å². The minimum absolute atomic E-state index is 0.0145. The van der Waals surface area contributed by atoms with E-state index in [1.54, 1.807) is 43.3 Å². The van der Waals surface area contributed by atoms with Gasteiger partial charge >= 0.3 is 0 Å². The predicted molar refractivity (Wildman–Crippen MR) is 87.1 cm³/mol. The molecule has 0 bridgehead atoms. The number of para-hydroxylation sites is 1. The van der Waals surface area contributed by atoms with Gasteiger partial charge in [0.25, 0.3) is 10.0 Å². The number of nitriles is 1. The second-order valence-corrected chi connectivity index (χ2v) is 6.55. The number of aryl methyl sites for hydroxylation is 1. The Morgan fingerprint density at radius 2 is 1.86 bits per heavy atom. The Morgan fingerprint density at radius 3 is 2.45 bits per heavy atom. The van der Waals surface area contributed by atoms with E-state index in [9.17, 15) is 13.7 Å². The summed E-state index contributed by atoms with van der Waals surface area (Å²) in [6, 6.07) is 15.6.